The highest BCUT2D eigenvalue weighted by atomic mass is 32.1. The molecule has 3 heteroatoms. The zero-order valence-corrected chi connectivity index (χ0v) is 11.5. The average Bonchev–Trinajstić information content (AvgIpc) is 2.84. The second-order valence-corrected chi connectivity index (χ2v) is 6.27. The maximum atomic E-state index is 3.38. The van der Waals surface area contributed by atoms with Gasteiger partial charge in [0.1, 0.15) is 0 Å². The Morgan fingerprint density at radius 2 is 2.25 bits per heavy atom. The molecule has 2 unspecified atom stereocenters. The predicted octanol–water partition coefficient (Wildman–Crippen LogP) is 2.72. The molecule has 0 saturated carbocycles. The molecule has 0 spiro atoms. The molecule has 1 saturated heterocycles. The molecule has 16 heavy (non-hydrogen) atoms. The Bertz CT molecular complexity index is 359. The third-order valence-corrected chi connectivity index (χ3v) is 4.69. The van der Waals surface area contributed by atoms with E-state index >= 15 is 0 Å². The molecule has 2 nitrogen and oxygen atoms in total. The molecule has 0 radical (unpaired) electrons. The second-order valence-electron chi connectivity index (χ2n) is 4.81. The van der Waals surface area contributed by atoms with Gasteiger partial charge in [0.15, 0.2) is 0 Å². The number of rotatable bonds is 3. The molecule has 1 aliphatic heterocycles. The summed E-state index contributed by atoms with van der Waals surface area (Å²) in [7, 11) is 2.07. The van der Waals surface area contributed by atoms with Crippen molar-refractivity contribution in [3.05, 3.63) is 21.4 Å². The molecule has 2 rings (SSSR count). The van der Waals surface area contributed by atoms with E-state index < -0.39 is 0 Å². The Morgan fingerprint density at radius 3 is 2.75 bits per heavy atom. The van der Waals surface area contributed by atoms with Crippen molar-refractivity contribution < 1.29 is 0 Å². The van der Waals surface area contributed by atoms with Crippen molar-refractivity contribution in [2.45, 2.75) is 39.3 Å². The van der Waals surface area contributed by atoms with Gasteiger partial charge in [0, 0.05) is 34.9 Å². The molecule has 1 aromatic heterocycles. The monoisotopic (exact) mass is 238 g/mol. The first-order valence-corrected chi connectivity index (χ1v) is 6.91. The van der Waals surface area contributed by atoms with Crippen LogP contribution in [-0.4, -0.2) is 31.1 Å². The first kappa shape index (κ1) is 12.1. The normalized spacial score (nSPS) is 23.9. The van der Waals surface area contributed by atoms with Crippen LogP contribution in [0, 0.1) is 13.8 Å². The summed E-state index contributed by atoms with van der Waals surface area (Å²) in [5.41, 5.74) is 1.53. The topological polar surface area (TPSA) is 15.3 Å². The Hall–Kier alpha value is -0.380. The molecule has 1 N–H and O–H groups in total. The van der Waals surface area contributed by atoms with Crippen molar-refractivity contribution in [3.8, 4) is 0 Å². The fraction of sp³-hybridized carbons (Fsp3) is 0.692. The summed E-state index contributed by atoms with van der Waals surface area (Å²) < 4.78 is 0. The van der Waals surface area contributed by atoms with Gasteiger partial charge in [-0.15, -0.1) is 11.3 Å². The third kappa shape index (κ3) is 2.31. The summed E-state index contributed by atoms with van der Waals surface area (Å²) in [6.45, 7) is 9.20. The largest absolute Gasteiger partial charge is 0.316 e. The fourth-order valence-corrected chi connectivity index (χ4v) is 3.65. The number of thiophene rings is 1. The lowest BCUT2D eigenvalue weighted by Crippen LogP contribution is -2.31. The summed E-state index contributed by atoms with van der Waals surface area (Å²) >= 11 is 1.92. The van der Waals surface area contributed by atoms with Crippen LogP contribution in [0.5, 0.6) is 0 Å². The summed E-state index contributed by atoms with van der Waals surface area (Å²) in [4.78, 5) is 5.51. The van der Waals surface area contributed by atoms with Crippen LogP contribution < -0.4 is 5.32 Å². The van der Waals surface area contributed by atoms with E-state index in [2.05, 4.69) is 44.1 Å². The van der Waals surface area contributed by atoms with Crippen molar-refractivity contribution in [1.82, 2.24) is 10.2 Å². The SMILES string of the molecule is CNC1CCN(C(C)c2cc(C)sc2C)C1. The summed E-state index contributed by atoms with van der Waals surface area (Å²) in [6.07, 6.45) is 1.28. The minimum atomic E-state index is 0.572. The van der Waals surface area contributed by atoms with Crippen molar-refractivity contribution in [1.29, 1.82) is 0 Å². The number of likely N-dealkylation sites (tertiary alicyclic amines) is 1. The summed E-state index contributed by atoms with van der Waals surface area (Å²) in [6, 6.07) is 3.61. The molecule has 1 fully saturated rings. The van der Waals surface area contributed by atoms with Crippen LogP contribution in [0.25, 0.3) is 0 Å². The molecule has 1 aromatic rings. The highest BCUT2D eigenvalue weighted by molar-refractivity contribution is 7.12. The van der Waals surface area contributed by atoms with E-state index in [1.165, 1.54) is 34.8 Å². The molecular formula is C13H22N2S. The van der Waals surface area contributed by atoms with Crippen molar-refractivity contribution in [3.63, 3.8) is 0 Å². The van der Waals surface area contributed by atoms with Gasteiger partial charge < -0.3 is 5.32 Å². The molecule has 2 atom stereocenters. The van der Waals surface area contributed by atoms with Gasteiger partial charge in [-0.1, -0.05) is 0 Å². The van der Waals surface area contributed by atoms with E-state index in [1.54, 1.807) is 0 Å². The average molecular weight is 238 g/mol. The van der Waals surface area contributed by atoms with E-state index in [-0.39, 0.29) is 0 Å². The molecule has 90 valence electrons. The van der Waals surface area contributed by atoms with Gasteiger partial charge in [-0.3, -0.25) is 4.90 Å². The molecule has 0 amide bonds. The number of likely N-dealkylation sites (N-methyl/N-ethyl adjacent to an activating group) is 1. The number of hydrogen-bond acceptors (Lipinski definition) is 3. The maximum absolute atomic E-state index is 3.38. The number of nitrogens with one attached hydrogen (secondary N) is 1. The molecule has 2 heterocycles. The summed E-state index contributed by atoms with van der Waals surface area (Å²) in [5, 5.41) is 3.38. The first-order chi connectivity index (χ1) is 7.61. The third-order valence-electron chi connectivity index (χ3n) is 3.71. The van der Waals surface area contributed by atoms with E-state index in [0.717, 1.165) is 0 Å². The van der Waals surface area contributed by atoms with Crippen LogP contribution in [0.4, 0.5) is 0 Å². The van der Waals surface area contributed by atoms with E-state index in [9.17, 15) is 0 Å². The molecule has 0 bridgehead atoms. The van der Waals surface area contributed by atoms with Gasteiger partial charge in [0.2, 0.25) is 0 Å². The first-order valence-electron chi connectivity index (χ1n) is 6.10. The lowest BCUT2D eigenvalue weighted by atomic mass is 10.1. The van der Waals surface area contributed by atoms with Crippen LogP contribution in [0.1, 0.15) is 34.7 Å². The molecule has 1 aliphatic rings. The van der Waals surface area contributed by atoms with Crippen LogP contribution in [0.2, 0.25) is 0 Å². The number of nitrogens with zero attached hydrogens (tertiary/aromatic N) is 1. The van der Waals surface area contributed by atoms with Gasteiger partial charge in [-0.05, 0) is 45.9 Å². The van der Waals surface area contributed by atoms with Crippen LogP contribution in [0.3, 0.4) is 0 Å². The molecule has 0 aromatic carbocycles. The Balaban J connectivity index is 2.08. The van der Waals surface area contributed by atoms with Crippen LogP contribution in [-0.2, 0) is 0 Å². The van der Waals surface area contributed by atoms with Gasteiger partial charge in [-0.25, -0.2) is 0 Å². The fourth-order valence-electron chi connectivity index (χ4n) is 2.64. The Morgan fingerprint density at radius 1 is 1.50 bits per heavy atom. The van der Waals surface area contributed by atoms with Gasteiger partial charge in [0.05, 0.1) is 0 Å². The minimum Gasteiger partial charge on any atom is -0.316 e. The Labute approximate surface area is 103 Å². The van der Waals surface area contributed by atoms with Crippen molar-refractivity contribution >= 4 is 11.3 Å². The molecular weight excluding hydrogens is 216 g/mol. The van der Waals surface area contributed by atoms with E-state index in [0.29, 0.717) is 12.1 Å². The van der Waals surface area contributed by atoms with Gasteiger partial charge in [-0.2, -0.15) is 0 Å². The highest BCUT2D eigenvalue weighted by Gasteiger charge is 2.26. The van der Waals surface area contributed by atoms with Crippen LogP contribution in [0.15, 0.2) is 6.07 Å². The number of hydrogen-bond donors (Lipinski definition) is 1. The van der Waals surface area contributed by atoms with Crippen molar-refractivity contribution in [2.24, 2.45) is 0 Å². The zero-order valence-electron chi connectivity index (χ0n) is 10.7. The zero-order chi connectivity index (χ0) is 11.7. The van der Waals surface area contributed by atoms with E-state index in [1.807, 2.05) is 11.3 Å². The van der Waals surface area contributed by atoms with Gasteiger partial charge in [0.25, 0.3) is 0 Å². The van der Waals surface area contributed by atoms with Crippen molar-refractivity contribution in [2.75, 3.05) is 20.1 Å². The highest BCUT2D eigenvalue weighted by Crippen LogP contribution is 2.31. The smallest absolute Gasteiger partial charge is 0.0331 e. The second kappa shape index (κ2) is 4.86. The quantitative estimate of drug-likeness (QED) is 0.871. The molecule has 0 aliphatic carbocycles. The standard InChI is InChI=1S/C13H22N2S/c1-9-7-13(11(3)16-9)10(2)15-6-5-12(8-15)14-4/h7,10,12,14H,5-6,8H2,1-4H3. The Kier molecular flexibility index (Phi) is 3.67. The van der Waals surface area contributed by atoms with Crippen LogP contribution >= 0.6 is 11.3 Å². The predicted molar refractivity (Wildman–Crippen MR) is 71.2 cm³/mol. The minimum absolute atomic E-state index is 0.572. The lowest BCUT2D eigenvalue weighted by Gasteiger charge is -2.24. The number of aryl methyl sites for hydroxylation is 2. The van der Waals surface area contributed by atoms with Gasteiger partial charge >= 0.3 is 0 Å². The lowest BCUT2D eigenvalue weighted by molar-refractivity contribution is 0.257. The maximum Gasteiger partial charge on any atom is 0.0331 e. The van der Waals surface area contributed by atoms with E-state index in [4.69, 9.17) is 0 Å². The summed E-state index contributed by atoms with van der Waals surface area (Å²) in [5.74, 6) is 0.